The molecule has 0 aromatic carbocycles. The molecule has 5 nitrogen and oxygen atoms in total. The lowest BCUT2D eigenvalue weighted by molar-refractivity contribution is 0.0132. The lowest BCUT2D eigenvalue weighted by Crippen LogP contribution is -2.64. The summed E-state index contributed by atoms with van der Waals surface area (Å²) in [7, 11) is 0. The molecule has 282 valence electrons. The van der Waals surface area contributed by atoms with E-state index in [1.54, 1.807) is 12.8 Å². The Hall–Kier alpha value is -0.200. The van der Waals surface area contributed by atoms with Crippen LogP contribution in [0.15, 0.2) is 0 Å². The highest BCUT2D eigenvalue weighted by Crippen LogP contribution is 2.55. The highest BCUT2D eigenvalue weighted by Gasteiger charge is 2.57. The third-order valence-corrected chi connectivity index (χ3v) is 18.3. The van der Waals surface area contributed by atoms with Crippen molar-refractivity contribution in [3.8, 4) is 0 Å². The van der Waals surface area contributed by atoms with Crippen LogP contribution in [0.3, 0.4) is 0 Å². The van der Waals surface area contributed by atoms with Crippen molar-refractivity contribution in [1.82, 2.24) is 25.8 Å². The first kappa shape index (κ1) is 34.3. The van der Waals surface area contributed by atoms with E-state index in [2.05, 4.69) is 25.8 Å². The smallest absolute Gasteiger partial charge is 0.0605 e. The van der Waals surface area contributed by atoms with Gasteiger partial charge in [0.1, 0.15) is 0 Å². The summed E-state index contributed by atoms with van der Waals surface area (Å²) in [6.45, 7) is 2.58. The van der Waals surface area contributed by atoms with Gasteiger partial charge in [0, 0.05) is 48.3 Å². The predicted octanol–water partition coefficient (Wildman–Crippen LogP) is 8.62. The molecule has 4 aliphatic heterocycles. The summed E-state index contributed by atoms with van der Waals surface area (Å²) in [6.07, 6.45) is 40.9. The van der Waals surface area contributed by atoms with Crippen LogP contribution in [0, 0.1) is 41.4 Å². The average Bonchev–Trinajstić information content (AvgIpc) is 3.71. The maximum atomic E-state index is 4.37. The summed E-state index contributed by atoms with van der Waals surface area (Å²) in [6, 6.07) is 6.96. The number of hydrogen-bond donors (Lipinski definition) is 3. The Bertz CT molecular complexity index is 1060. The van der Waals surface area contributed by atoms with Gasteiger partial charge in [0.15, 0.2) is 0 Å². The molecule has 12 unspecified atom stereocenters. The summed E-state index contributed by atoms with van der Waals surface area (Å²) < 4.78 is 0. The summed E-state index contributed by atoms with van der Waals surface area (Å²) in [5.74, 6) is 6.69. The maximum absolute atomic E-state index is 4.37. The van der Waals surface area contributed by atoms with Crippen LogP contribution in [0.25, 0.3) is 0 Å². The predicted molar refractivity (Wildman–Crippen MR) is 206 cm³/mol. The molecule has 50 heavy (non-hydrogen) atoms. The molecule has 0 amide bonds. The molecule has 0 spiro atoms. The molecule has 10 fully saturated rings. The largest absolute Gasteiger partial charge is 0.316 e. The van der Waals surface area contributed by atoms with E-state index < -0.39 is 0 Å². The van der Waals surface area contributed by atoms with E-state index in [1.807, 2.05) is 0 Å². The fourth-order valence-electron chi connectivity index (χ4n) is 16.2. The standard InChI is InChI=1S/C45H77N5/c1-3-11-30(12-4-1)39-28-40(48-45(47-39)32-13-5-2-6-14-32)31-19-21-33(22-20-31)49-43-24-23-34(27-37(43)38-29-46-26-25-44(38)49)50-41-17-9-7-15-35(41)36-16-8-10-18-42(36)50/h30-48H,1-29H2. The SMILES string of the molecule is C1CCC(C2CC(C3CCC(N4C5CCNCC5C5CC(N6C7CCCCC7C7CCCCC76)CCC54)CC3)NC(C3CCCCC3)N2)CC1. The lowest BCUT2D eigenvalue weighted by atomic mass is 9.73. The Labute approximate surface area is 307 Å². The quantitative estimate of drug-likeness (QED) is 0.270. The second kappa shape index (κ2) is 15.1. The highest BCUT2D eigenvalue weighted by molar-refractivity contribution is 5.11. The highest BCUT2D eigenvalue weighted by atomic mass is 15.3. The molecule has 4 heterocycles. The van der Waals surface area contributed by atoms with Crippen LogP contribution in [-0.2, 0) is 0 Å². The van der Waals surface area contributed by atoms with E-state index in [0.717, 1.165) is 89.8 Å². The second-order valence-electron chi connectivity index (χ2n) is 20.5. The van der Waals surface area contributed by atoms with Crippen LogP contribution in [-0.4, -0.2) is 77.4 Å². The molecular weight excluding hydrogens is 611 g/mol. The summed E-state index contributed by atoms with van der Waals surface area (Å²) in [4.78, 5) is 6.57. The number of piperidine rings is 1. The number of nitrogens with one attached hydrogen (secondary N) is 3. The van der Waals surface area contributed by atoms with Crippen LogP contribution < -0.4 is 16.0 Å². The zero-order chi connectivity index (χ0) is 33.0. The summed E-state index contributed by atoms with van der Waals surface area (Å²) in [5.41, 5.74) is 0. The molecule has 0 aromatic rings. The third-order valence-electron chi connectivity index (χ3n) is 18.3. The van der Waals surface area contributed by atoms with Crippen LogP contribution in [0.4, 0.5) is 0 Å². The molecule has 0 aromatic heterocycles. The van der Waals surface area contributed by atoms with Gasteiger partial charge >= 0.3 is 0 Å². The zero-order valence-corrected chi connectivity index (χ0v) is 32.1. The molecule has 4 saturated heterocycles. The molecule has 6 aliphatic carbocycles. The number of rotatable bonds is 5. The topological polar surface area (TPSA) is 42.6 Å². The molecule has 12 atom stereocenters. The van der Waals surface area contributed by atoms with Gasteiger partial charge in [-0.1, -0.05) is 64.2 Å². The molecule has 10 aliphatic rings. The van der Waals surface area contributed by atoms with E-state index in [9.17, 15) is 0 Å². The monoisotopic (exact) mass is 688 g/mol. The number of nitrogens with zero attached hydrogens (tertiary/aromatic N) is 2. The van der Waals surface area contributed by atoms with Gasteiger partial charge in [-0.15, -0.1) is 0 Å². The van der Waals surface area contributed by atoms with Crippen LogP contribution in [0.5, 0.6) is 0 Å². The molecule has 6 saturated carbocycles. The van der Waals surface area contributed by atoms with E-state index >= 15 is 0 Å². The summed E-state index contributed by atoms with van der Waals surface area (Å²) in [5, 5.41) is 12.6. The van der Waals surface area contributed by atoms with Crippen LogP contribution in [0.2, 0.25) is 0 Å². The van der Waals surface area contributed by atoms with Gasteiger partial charge in [0.25, 0.3) is 0 Å². The molecule has 3 N–H and O–H groups in total. The van der Waals surface area contributed by atoms with Crippen molar-refractivity contribution in [2.24, 2.45) is 41.4 Å². The van der Waals surface area contributed by atoms with Crippen molar-refractivity contribution >= 4 is 0 Å². The molecule has 10 rings (SSSR count). The van der Waals surface area contributed by atoms with Gasteiger partial charge in [-0.3, -0.25) is 20.4 Å². The van der Waals surface area contributed by atoms with E-state index in [1.165, 1.54) is 174 Å². The lowest BCUT2D eigenvalue weighted by Gasteiger charge is -2.50. The fourth-order valence-corrected chi connectivity index (χ4v) is 16.2. The van der Waals surface area contributed by atoms with Gasteiger partial charge in [-0.2, -0.15) is 0 Å². The second-order valence-corrected chi connectivity index (χ2v) is 20.5. The first-order valence-corrected chi connectivity index (χ1v) is 23.6. The van der Waals surface area contributed by atoms with Crippen molar-refractivity contribution in [2.75, 3.05) is 13.1 Å². The van der Waals surface area contributed by atoms with Crippen LogP contribution in [0.1, 0.15) is 173 Å². The molecule has 0 radical (unpaired) electrons. The normalized spacial score (nSPS) is 49.9. The Morgan fingerprint density at radius 2 is 0.880 bits per heavy atom. The van der Waals surface area contributed by atoms with Crippen molar-refractivity contribution in [1.29, 1.82) is 0 Å². The first-order valence-electron chi connectivity index (χ1n) is 23.6. The third kappa shape index (κ3) is 6.41. The van der Waals surface area contributed by atoms with Crippen molar-refractivity contribution in [3.05, 3.63) is 0 Å². The van der Waals surface area contributed by atoms with E-state index in [4.69, 9.17) is 0 Å². The Morgan fingerprint density at radius 3 is 1.56 bits per heavy atom. The average molecular weight is 688 g/mol. The Kier molecular flexibility index (Phi) is 10.4. The van der Waals surface area contributed by atoms with Crippen LogP contribution >= 0.6 is 0 Å². The van der Waals surface area contributed by atoms with Crippen molar-refractivity contribution in [3.63, 3.8) is 0 Å². The first-order chi connectivity index (χ1) is 24.8. The minimum Gasteiger partial charge on any atom is -0.316 e. The van der Waals surface area contributed by atoms with Gasteiger partial charge in [0.05, 0.1) is 6.17 Å². The van der Waals surface area contributed by atoms with Gasteiger partial charge in [0.2, 0.25) is 0 Å². The van der Waals surface area contributed by atoms with Gasteiger partial charge in [-0.25, -0.2) is 0 Å². The number of fused-ring (bicyclic) bond motifs is 6. The van der Waals surface area contributed by atoms with Crippen molar-refractivity contribution < 1.29 is 0 Å². The minimum absolute atomic E-state index is 0.590. The van der Waals surface area contributed by atoms with Gasteiger partial charge < -0.3 is 5.32 Å². The van der Waals surface area contributed by atoms with Gasteiger partial charge in [-0.05, 0) is 164 Å². The molecular formula is C45H77N5. The molecule has 5 heteroatoms. The number of hydrogen-bond acceptors (Lipinski definition) is 5. The zero-order valence-electron chi connectivity index (χ0n) is 32.1. The molecule has 0 bridgehead atoms. The Morgan fingerprint density at radius 1 is 0.360 bits per heavy atom. The number of likely N-dealkylation sites (tertiary alicyclic amines) is 2. The summed E-state index contributed by atoms with van der Waals surface area (Å²) >= 11 is 0. The maximum Gasteiger partial charge on any atom is 0.0605 e. The van der Waals surface area contributed by atoms with E-state index in [0.29, 0.717) is 6.17 Å². The van der Waals surface area contributed by atoms with E-state index in [-0.39, 0.29) is 0 Å². The minimum atomic E-state index is 0.590. The Balaban J connectivity index is 0.819. The fraction of sp³-hybridized carbons (Fsp3) is 1.00. The van der Waals surface area contributed by atoms with Crippen molar-refractivity contribution in [2.45, 2.75) is 228 Å².